The maximum absolute atomic E-state index is 13.7. The molecule has 0 aliphatic carbocycles. The number of benzene rings is 3. The highest BCUT2D eigenvalue weighted by molar-refractivity contribution is 5.99. The van der Waals surface area contributed by atoms with E-state index in [-0.39, 0.29) is 12.2 Å². The number of fused-ring (bicyclic) bond motifs is 2. The number of aryl methyl sites for hydroxylation is 1. The van der Waals surface area contributed by atoms with Crippen LogP contribution in [0, 0.1) is 5.92 Å². The van der Waals surface area contributed by atoms with Gasteiger partial charge in [0.2, 0.25) is 0 Å². The first-order valence-corrected chi connectivity index (χ1v) is 13.0. The highest BCUT2D eigenvalue weighted by atomic mass is 16.5. The number of nitrogens with zero attached hydrogens (tertiary/aromatic N) is 4. The number of aromatic nitrogens is 3. The largest absolute Gasteiger partial charge is 0.493 e. The van der Waals surface area contributed by atoms with E-state index >= 15 is 0 Å². The molecular weight excluding hydrogens is 490 g/mol. The Hall–Kier alpha value is -4.43. The number of pyridine rings is 1. The minimum atomic E-state index is -0.449. The third kappa shape index (κ3) is 4.57. The summed E-state index contributed by atoms with van der Waals surface area (Å²) in [5.74, 6) is 1.52. The molecule has 39 heavy (non-hydrogen) atoms. The van der Waals surface area contributed by atoms with E-state index < -0.39 is 11.2 Å². The molecule has 2 aromatic heterocycles. The normalized spacial score (nSPS) is 11.5. The summed E-state index contributed by atoms with van der Waals surface area (Å²) in [6, 6.07) is 21.9. The molecule has 2 heterocycles. The van der Waals surface area contributed by atoms with Gasteiger partial charge in [0.05, 0.1) is 12.0 Å². The average molecular weight is 524 g/mol. The van der Waals surface area contributed by atoms with E-state index in [1.54, 1.807) is 7.05 Å². The topological polar surface area (TPSA) is 95.4 Å². The first-order chi connectivity index (χ1) is 18.7. The van der Waals surface area contributed by atoms with E-state index in [4.69, 9.17) is 15.5 Å². The molecule has 5 aromatic rings. The van der Waals surface area contributed by atoms with Gasteiger partial charge in [0.25, 0.3) is 5.56 Å². The first-order valence-electron chi connectivity index (χ1n) is 13.0. The Bertz CT molecular complexity index is 1820. The van der Waals surface area contributed by atoms with E-state index in [0.717, 1.165) is 26.6 Å². The van der Waals surface area contributed by atoms with Crippen molar-refractivity contribution in [3.63, 3.8) is 0 Å². The van der Waals surface area contributed by atoms with Crippen LogP contribution in [-0.2, 0) is 20.6 Å². The van der Waals surface area contributed by atoms with Gasteiger partial charge in [-0.05, 0) is 34.9 Å². The molecule has 2 N–H and O–H groups in total. The van der Waals surface area contributed by atoms with Crippen LogP contribution in [0.3, 0.4) is 0 Å². The molecule has 0 aliphatic heterocycles. The molecule has 0 radical (unpaired) electrons. The van der Waals surface area contributed by atoms with Crippen LogP contribution < -0.4 is 26.6 Å². The highest BCUT2D eigenvalue weighted by Crippen LogP contribution is 2.40. The van der Waals surface area contributed by atoms with E-state index in [1.807, 2.05) is 54.4 Å². The van der Waals surface area contributed by atoms with Crippen molar-refractivity contribution < 1.29 is 4.74 Å². The van der Waals surface area contributed by atoms with Gasteiger partial charge in [-0.2, -0.15) is 0 Å². The summed E-state index contributed by atoms with van der Waals surface area (Å²) in [5.41, 5.74) is 8.79. The monoisotopic (exact) mass is 523 g/mol. The standard InChI is InChI=1S/C31H33N5O3/c1-19(2)18-39-25-13-9-8-12-23(25)26-24(17-32)28(33-29-27(26)30(37)36(5)31(38)35(29)4)34(3)22-15-14-20-10-6-7-11-21(20)16-22/h6-16,19H,17-18,32H2,1-5H3. The number of para-hydroxylation sites is 1. The fourth-order valence-corrected chi connectivity index (χ4v) is 4.94. The minimum absolute atomic E-state index is 0.121. The van der Waals surface area contributed by atoms with Gasteiger partial charge < -0.3 is 15.4 Å². The van der Waals surface area contributed by atoms with Gasteiger partial charge in [0.1, 0.15) is 11.6 Å². The second-order valence-electron chi connectivity index (χ2n) is 10.2. The summed E-state index contributed by atoms with van der Waals surface area (Å²) in [6.45, 7) is 4.80. The Morgan fingerprint density at radius 3 is 2.36 bits per heavy atom. The van der Waals surface area contributed by atoms with Crippen LogP contribution in [0.2, 0.25) is 0 Å². The van der Waals surface area contributed by atoms with Crippen LogP contribution in [0.4, 0.5) is 11.5 Å². The Kier molecular flexibility index (Phi) is 6.97. The SMILES string of the molecule is CC(C)COc1ccccc1-c1c(CN)c(N(C)c2ccc3ccccc3c2)nc2c1c(=O)n(C)c(=O)n2C. The molecule has 0 saturated carbocycles. The van der Waals surface area contributed by atoms with E-state index in [9.17, 15) is 9.59 Å². The first kappa shape index (κ1) is 26.2. The summed E-state index contributed by atoms with van der Waals surface area (Å²) < 4.78 is 8.73. The fourth-order valence-electron chi connectivity index (χ4n) is 4.94. The van der Waals surface area contributed by atoms with E-state index in [0.29, 0.717) is 40.6 Å². The predicted molar refractivity (Wildman–Crippen MR) is 158 cm³/mol. The highest BCUT2D eigenvalue weighted by Gasteiger charge is 2.25. The maximum atomic E-state index is 13.7. The van der Waals surface area contributed by atoms with Crippen LogP contribution >= 0.6 is 0 Å². The van der Waals surface area contributed by atoms with Crippen LogP contribution in [0.1, 0.15) is 19.4 Å². The minimum Gasteiger partial charge on any atom is -0.493 e. The van der Waals surface area contributed by atoms with E-state index in [1.165, 1.54) is 11.6 Å². The fraction of sp³-hybridized carbons (Fsp3) is 0.258. The van der Waals surface area contributed by atoms with Crippen molar-refractivity contribution in [2.45, 2.75) is 20.4 Å². The van der Waals surface area contributed by atoms with Crippen molar-refractivity contribution in [3.8, 4) is 16.9 Å². The summed E-state index contributed by atoms with van der Waals surface area (Å²) in [6.07, 6.45) is 0. The van der Waals surface area contributed by atoms with Gasteiger partial charge in [0, 0.05) is 50.1 Å². The van der Waals surface area contributed by atoms with Gasteiger partial charge in [-0.25, -0.2) is 9.78 Å². The Morgan fingerprint density at radius 2 is 1.64 bits per heavy atom. The lowest BCUT2D eigenvalue weighted by molar-refractivity contribution is 0.272. The molecule has 0 fully saturated rings. The number of hydrogen-bond donors (Lipinski definition) is 1. The summed E-state index contributed by atoms with van der Waals surface area (Å²) in [4.78, 5) is 33.5. The third-order valence-corrected chi connectivity index (χ3v) is 7.04. The zero-order valence-electron chi connectivity index (χ0n) is 22.9. The Morgan fingerprint density at radius 1 is 0.949 bits per heavy atom. The maximum Gasteiger partial charge on any atom is 0.332 e. The second-order valence-corrected chi connectivity index (χ2v) is 10.2. The number of ether oxygens (including phenoxy) is 1. The smallest absolute Gasteiger partial charge is 0.332 e. The Labute approximate surface area is 226 Å². The molecule has 0 atom stereocenters. The molecule has 0 unspecified atom stereocenters. The lowest BCUT2D eigenvalue weighted by atomic mass is 9.95. The summed E-state index contributed by atoms with van der Waals surface area (Å²) in [5, 5.41) is 2.55. The number of rotatable bonds is 7. The van der Waals surface area contributed by atoms with Crippen molar-refractivity contribution >= 4 is 33.3 Å². The van der Waals surface area contributed by atoms with Gasteiger partial charge in [-0.15, -0.1) is 0 Å². The van der Waals surface area contributed by atoms with Crippen molar-refractivity contribution in [1.82, 2.24) is 14.1 Å². The summed E-state index contributed by atoms with van der Waals surface area (Å²) >= 11 is 0. The van der Waals surface area contributed by atoms with Gasteiger partial charge in [-0.3, -0.25) is 13.9 Å². The number of anilines is 2. The van der Waals surface area contributed by atoms with Crippen LogP contribution in [0.15, 0.2) is 76.3 Å². The van der Waals surface area contributed by atoms with Crippen molar-refractivity contribution in [2.24, 2.45) is 25.7 Å². The van der Waals surface area contributed by atoms with E-state index in [2.05, 4.69) is 38.1 Å². The molecule has 0 spiro atoms. The van der Waals surface area contributed by atoms with Crippen LogP contribution in [0.5, 0.6) is 5.75 Å². The van der Waals surface area contributed by atoms with Gasteiger partial charge in [0.15, 0.2) is 5.65 Å². The molecular formula is C31H33N5O3. The summed E-state index contributed by atoms with van der Waals surface area (Å²) in [7, 11) is 5.03. The van der Waals surface area contributed by atoms with Crippen LogP contribution in [0.25, 0.3) is 32.9 Å². The zero-order chi connectivity index (χ0) is 27.8. The van der Waals surface area contributed by atoms with Gasteiger partial charge >= 0.3 is 5.69 Å². The van der Waals surface area contributed by atoms with Crippen molar-refractivity contribution in [2.75, 3.05) is 18.6 Å². The quantitative estimate of drug-likeness (QED) is 0.332. The molecule has 0 amide bonds. The Balaban J connectivity index is 1.86. The molecule has 0 bridgehead atoms. The molecule has 200 valence electrons. The predicted octanol–water partition coefficient (Wildman–Crippen LogP) is 4.71. The average Bonchev–Trinajstić information content (AvgIpc) is 2.96. The third-order valence-electron chi connectivity index (χ3n) is 7.04. The second kappa shape index (κ2) is 10.4. The number of hydrogen-bond acceptors (Lipinski definition) is 6. The van der Waals surface area contributed by atoms with Crippen LogP contribution in [-0.4, -0.2) is 27.8 Å². The van der Waals surface area contributed by atoms with Gasteiger partial charge in [-0.1, -0.05) is 62.4 Å². The molecule has 0 aliphatic rings. The molecule has 8 heteroatoms. The van der Waals surface area contributed by atoms with Crippen molar-refractivity contribution in [3.05, 3.63) is 93.1 Å². The molecule has 3 aromatic carbocycles. The lowest BCUT2D eigenvalue weighted by Gasteiger charge is -2.26. The van der Waals surface area contributed by atoms with Crippen molar-refractivity contribution in [1.29, 1.82) is 0 Å². The zero-order valence-corrected chi connectivity index (χ0v) is 22.9. The number of nitrogens with two attached hydrogens (primary N) is 1. The molecule has 0 saturated heterocycles. The molecule has 8 nitrogen and oxygen atoms in total. The lowest BCUT2D eigenvalue weighted by Crippen LogP contribution is -2.38. The molecule has 5 rings (SSSR count).